The van der Waals surface area contributed by atoms with Crippen LogP contribution in [0.3, 0.4) is 0 Å². The van der Waals surface area contributed by atoms with Crippen molar-refractivity contribution in [1.82, 2.24) is 10.2 Å². The molecule has 8 nitrogen and oxygen atoms in total. The van der Waals surface area contributed by atoms with Gasteiger partial charge in [0.15, 0.2) is 17.1 Å². The number of halogens is 2. The average Bonchev–Trinajstić information content (AvgIpc) is 2.84. The van der Waals surface area contributed by atoms with Crippen LogP contribution in [0.4, 0.5) is 13.6 Å². The summed E-state index contributed by atoms with van der Waals surface area (Å²) in [4.78, 5) is 36.5. The number of nitrogens with zero attached hydrogens (tertiary/aromatic N) is 1. The van der Waals surface area contributed by atoms with Crippen LogP contribution in [0, 0.1) is 24.0 Å². The van der Waals surface area contributed by atoms with E-state index >= 15 is 0 Å². The number of phenolic OH excluding ortho intramolecular Hbond substituents is 1. The topological polar surface area (TPSA) is 120 Å². The summed E-state index contributed by atoms with van der Waals surface area (Å²) in [6, 6.07) is 1.84. The van der Waals surface area contributed by atoms with E-state index in [0.29, 0.717) is 13.1 Å². The number of hydrogen-bond acceptors (Lipinski definition) is 5. The second kappa shape index (κ2) is 14.7. The van der Waals surface area contributed by atoms with E-state index in [1.165, 1.54) is 4.90 Å². The van der Waals surface area contributed by atoms with Gasteiger partial charge < -0.3 is 19.9 Å². The first-order valence-corrected chi connectivity index (χ1v) is 12.1. The molecule has 2 rings (SSSR count). The van der Waals surface area contributed by atoms with Gasteiger partial charge in [0.05, 0.1) is 6.54 Å². The summed E-state index contributed by atoms with van der Waals surface area (Å²) in [5, 5.41) is 20.8. The van der Waals surface area contributed by atoms with Crippen LogP contribution in [0.1, 0.15) is 74.6 Å². The zero-order valence-electron chi connectivity index (χ0n) is 20.2. The fourth-order valence-electron chi connectivity index (χ4n) is 3.83. The first kappa shape index (κ1) is 28.6. The van der Waals surface area contributed by atoms with Crippen LogP contribution in [-0.4, -0.2) is 46.7 Å². The highest BCUT2D eigenvalue weighted by molar-refractivity contribution is 5.96. The number of nitrogens with one attached hydrogen (secondary N) is 1. The molecule has 0 aliphatic rings. The van der Waals surface area contributed by atoms with Crippen LogP contribution in [0.25, 0.3) is 11.0 Å². The van der Waals surface area contributed by atoms with Crippen molar-refractivity contribution in [2.24, 2.45) is 0 Å². The van der Waals surface area contributed by atoms with Gasteiger partial charge in [0.25, 0.3) is 5.91 Å². The minimum atomic E-state index is -1.39. The van der Waals surface area contributed by atoms with Crippen molar-refractivity contribution in [1.29, 1.82) is 0 Å². The van der Waals surface area contributed by atoms with Crippen molar-refractivity contribution in [3.05, 3.63) is 39.8 Å². The Labute approximate surface area is 208 Å². The molecule has 0 unspecified atom stereocenters. The molecule has 1 heterocycles. The molecular formula is C26H32F2N2O6. The molecule has 0 aliphatic carbocycles. The Kier molecular flexibility index (Phi) is 11.7. The number of carbonyl (C=O) groups excluding carboxylic acids is 1. The fraction of sp³-hybridized carbons (Fsp3) is 0.500. The largest absolute Gasteiger partial charge is 0.503 e. The predicted octanol–water partition coefficient (Wildman–Crippen LogP) is 5.02. The minimum absolute atomic E-state index is 0.118. The highest BCUT2D eigenvalue weighted by atomic mass is 19.1. The fourth-order valence-corrected chi connectivity index (χ4v) is 3.83. The maximum Gasteiger partial charge on any atom is 0.408 e. The van der Waals surface area contributed by atoms with E-state index in [1.807, 2.05) is 0 Å². The molecular weight excluding hydrogens is 474 g/mol. The first-order chi connectivity index (χ1) is 17.3. The smallest absolute Gasteiger partial charge is 0.408 e. The van der Waals surface area contributed by atoms with Gasteiger partial charge in [-0.15, -0.1) is 6.42 Å². The molecule has 0 aliphatic heterocycles. The number of aromatic hydroxyl groups is 1. The standard InChI is InChI=1S/C26H32F2N2O6/c1-2-14-30(26(34)35)15-12-10-8-6-4-3-5-7-9-11-13-29-24(32)19-16-18-17-20(27)22(31)21(28)23(18)36-25(19)33/h1,16-17,31H,3-15H2,(H,29,32)(H,34,35). The molecule has 0 radical (unpaired) electrons. The summed E-state index contributed by atoms with van der Waals surface area (Å²) in [6.07, 6.45) is 14.0. The minimum Gasteiger partial charge on any atom is -0.503 e. The third kappa shape index (κ3) is 8.56. The molecule has 1 aromatic carbocycles. The van der Waals surface area contributed by atoms with E-state index in [9.17, 15) is 28.3 Å². The molecule has 196 valence electrons. The lowest BCUT2D eigenvalue weighted by Crippen LogP contribution is -2.30. The molecule has 36 heavy (non-hydrogen) atoms. The van der Waals surface area contributed by atoms with Gasteiger partial charge in [-0.05, 0) is 25.0 Å². The van der Waals surface area contributed by atoms with Gasteiger partial charge in [-0.2, -0.15) is 4.39 Å². The van der Waals surface area contributed by atoms with Crippen LogP contribution in [0.2, 0.25) is 0 Å². The molecule has 2 amide bonds. The van der Waals surface area contributed by atoms with Crippen LogP contribution >= 0.6 is 0 Å². The van der Waals surface area contributed by atoms with Gasteiger partial charge in [-0.3, -0.25) is 9.69 Å². The summed E-state index contributed by atoms with van der Waals surface area (Å²) in [7, 11) is 0. The van der Waals surface area contributed by atoms with Gasteiger partial charge in [0.1, 0.15) is 5.56 Å². The number of carboxylic acid groups (broad SMARTS) is 1. The number of terminal acetylenes is 1. The molecule has 0 atom stereocenters. The number of amides is 2. The number of hydrogen-bond donors (Lipinski definition) is 3. The molecule has 0 spiro atoms. The summed E-state index contributed by atoms with van der Waals surface area (Å²) < 4.78 is 32.2. The van der Waals surface area contributed by atoms with Crippen molar-refractivity contribution in [3.8, 4) is 18.1 Å². The number of benzene rings is 1. The van der Waals surface area contributed by atoms with Gasteiger partial charge in [0, 0.05) is 18.5 Å². The SMILES string of the molecule is C#CCN(CCCCCCCCCCCCNC(=O)c1cc2cc(F)c(O)c(F)c2oc1=O)C(=O)O. The Morgan fingerprint density at radius 2 is 1.58 bits per heavy atom. The Morgan fingerprint density at radius 1 is 1.00 bits per heavy atom. The summed E-state index contributed by atoms with van der Waals surface area (Å²) in [6.45, 7) is 0.928. The molecule has 0 saturated heterocycles. The molecule has 10 heteroatoms. The van der Waals surface area contributed by atoms with Gasteiger partial charge in [-0.1, -0.05) is 57.3 Å². The first-order valence-electron chi connectivity index (χ1n) is 12.1. The number of phenols is 1. The van der Waals surface area contributed by atoms with Gasteiger partial charge in [-0.25, -0.2) is 14.0 Å². The quantitative estimate of drug-likeness (QED) is 0.177. The monoisotopic (exact) mass is 506 g/mol. The van der Waals surface area contributed by atoms with Gasteiger partial charge >= 0.3 is 11.7 Å². The van der Waals surface area contributed by atoms with Crippen LogP contribution in [0.5, 0.6) is 5.75 Å². The van der Waals surface area contributed by atoms with Crippen LogP contribution < -0.4 is 10.9 Å². The molecule has 3 N–H and O–H groups in total. The third-order valence-electron chi connectivity index (χ3n) is 5.83. The van der Waals surface area contributed by atoms with Crippen molar-refractivity contribution in [3.63, 3.8) is 0 Å². The zero-order valence-corrected chi connectivity index (χ0v) is 20.2. The van der Waals surface area contributed by atoms with Crippen molar-refractivity contribution < 1.29 is 33.0 Å². The number of rotatable bonds is 15. The highest BCUT2D eigenvalue weighted by Crippen LogP contribution is 2.28. The average molecular weight is 507 g/mol. The second-order valence-electron chi connectivity index (χ2n) is 8.59. The van der Waals surface area contributed by atoms with Crippen molar-refractivity contribution in [2.45, 2.75) is 64.2 Å². The van der Waals surface area contributed by atoms with E-state index in [-0.39, 0.29) is 17.5 Å². The van der Waals surface area contributed by atoms with Crippen LogP contribution in [0.15, 0.2) is 21.3 Å². The molecule has 0 saturated carbocycles. The lowest BCUT2D eigenvalue weighted by atomic mass is 10.1. The number of fused-ring (bicyclic) bond motifs is 1. The molecule has 0 bridgehead atoms. The summed E-state index contributed by atoms with van der Waals surface area (Å²) in [5.74, 6) is -2.20. The van der Waals surface area contributed by atoms with Gasteiger partial charge in [0.2, 0.25) is 5.82 Å². The lowest BCUT2D eigenvalue weighted by molar-refractivity contribution is 0.0949. The highest BCUT2D eigenvalue weighted by Gasteiger charge is 2.19. The van der Waals surface area contributed by atoms with Crippen molar-refractivity contribution in [2.75, 3.05) is 19.6 Å². The van der Waals surface area contributed by atoms with E-state index in [2.05, 4.69) is 11.2 Å². The number of carbonyl (C=O) groups is 2. The summed E-state index contributed by atoms with van der Waals surface area (Å²) in [5.41, 5.74) is -2.05. The van der Waals surface area contributed by atoms with Crippen molar-refractivity contribution >= 4 is 23.0 Å². The number of unbranched alkanes of at least 4 members (excludes halogenated alkanes) is 9. The predicted molar refractivity (Wildman–Crippen MR) is 131 cm³/mol. The molecule has 1 aromatic heterocycles. The van der Waals surface area contributed by atoms with E-state index < -0.39 is 40.6 Å². The maximum absolute atomic E-state index is 13.9. The summed E-state index contributed by atoms with van der Waals surface area (Å²) >= 11 is 0. The lowest BCUT2D eigenvalue weighted by Gasteiger charge is -2.15. The normalized spacial score (nSPS) is 10.8. The Hall–Kier alpha value is -3.61. The van der Waals surface area contributed by atoms with E-state index in [4.69, 9.17) is 15.9 Å². The maximum atomic E-state index is 13.9. The second-order valence-corrected chi connectivity index (χ2v) is 8.59. The Bertz CT molecular complexity index is 1140. The molecule has 2 aromatic rings. The Balaban J connectivity index is 1.57. The zero-order chi connectivity index (χ0) is 26.5. The molecule has 0 fully saturated rings. The Morgan fingerprint density at radius 3 is 2.17 bits per heavy atom. The van der Waals surface area contributed by atoms with E-state index in [1.54, 1.807) is 0 Å². The third-order valence-corrected chi connectivity index (χ3v) is 5.83. The van der Waals surface area contributed by atoms with E-state index in [0.717, 1.165) is 76.3 Å². The van der Waals surface area contributed by atoms with Crippen LogP contribution in [-0.2, 0) is 0 Å².